The first-order valence-corrected chi connectivity index (χ1v) is 8.88. The zero-order valence-electron chi connectivity index (χ0n) is 16.6. The van der Waals surface area contributed by atoms with Crippen molar-refractivity contribution in [3.05, 3.63) is 56.7 Å². The molecule has 3 aromatic rings. The molecular weight excluding hydrogens is 421 g/mol. The fraction of sp³-hybridized carbons (Fsp3) is 0.278. The highest BCUT2D eigenvalue weighted by Gasteiger charge is 2.22. The molecule has 0 saturated carbocycles. The summed E-state index contributed by atoms with van der Waals surface area (Å²) < 4.78 is 43.1. The van der Waals surface area contributed by atoms with Crippen molar-refractivity contribution in [2.45, 2.75) is 13.0 Å². The molecule has 0 radical (unpaired) electrons. The Morgan fingerprint density at radius 1 is 1.10 bits per heavy atom. The van der Waals surface area contributed by atoms with E-state index in [1.54, 1.807) is 0 Å². The first-order chi connectivity index (χ1) is 14.5. The van der Waals surface area contributed by atoms with Gasteiger partial charge in [0.2, 0.25) is 11.8 Å². The van der Waals surface area contributed by atoms with Crippen molar-refractivity contribution in [3.63, 3.8) is 0 Å². The van der Waals surface area contributed by atoms with Crippen molar-refractivity contribution in [2.24, 2.45) is 14.1 Å². The lowest BCUT2D eigenvalue weighted by molar-refractivity contribution is -0.126. The molecule has 2 amide bonds. The molecule has 13 heteroatoms. The molecule has 10 nitrogen and oxygen atoms in total. The number of anilines is 1. The van der Waals surface area contributed by atoms with Gasteiger partial charge in [0, 0.05) is 14.1 Å². The smallest absolute Gasteiger partial charge is 0.332 e. The normalized spacial score (nSPS) is 12.1. The van der Waals surface area contributed by atoms with Gasteiger partial charge in [-0.05, 0) is 19.1 Å². The third-order valence-electron chi connectivity index (χ3n) is 4.70. The SMILES string of the molecule is CC(C(=O)NCC(=O)Nc1ccc(F)c(F)c1F)n1cnc2c1c(=O)n(C)c(=O)n2C. The van der Waals surface area contributed by atoms with Crippen LogP contribution in [0.15, 0.2) is 28.0 Å². The number of aromatic nitrogens is 4. The second-order valence-corrected chi connectivity index (χ2v) is 6.69. The highest BCUT2D eigenvalue weighted by atomic mass is 19.2. The quantitative estimate of drug-likeness (QED) is 0.551. The molecule has 31 heavy (non-hydrogen) atoms. The van der Waals surface area contributed by atoms with Gasteiger partial charge in [0.1, 0.15) is 6.04 Å². The lowest BCUT2D eigenvalue weighted by Crippen LogP contribution is -2.39. The molecule has 2 heterocycles. The number of hydrogen-bond donors (Lipinski definition) is 2. The number of carbonyl (C=O) groups excluding carboxylic acids is 2. The summed E-state index contributed by atoms with van der Waals surface area (Å²) in [5.74, 6) is -6.29. The van der Waals surface area contributed by atoms with Crippen molar-refractivity contribution in [1.82, 2.24) is 24.0 Å². The summed E-state index contributed by atoms with van der Waals surface area (Å²) >= 11 is 0. The van der Waals surface area contributed by atoms with E-state index >= 15 is 0 Å². The van der Waals surface area contributed by atoms with Crippen LogP contribution in [0, 0.1) is 17.5 Å². The van der Waals surface area contributed by atoms with Crippen LogP contribution < -0.4 is 21.9 Å². The van der Waals surface area contributed by atoms with Gasteiger partial charge >= 0.3 is 5.69 Å². The van der Waals surface area contributed by atoms with E-state index in [0.29, 0.717) is 6.07 Å². The van der Waals surface area contributed by atoms with Crippen LogP contribution in [0.3, 0.4) is 0 Å². The van der Waals surface area contributed by atoms with Crippen LogP contribution in [-0.4, -0.2) is 37.0 Å². The number of aryl methyl sites for hydroxylation is 1. The molecule has 164 valence electrons. The summed E-state index contributed by atoms with van der Waals surface area (Å²) in [7, 11) is 2.71. The summed E-state index contributed by atoms with van der Waals surface area (Å²) in [6.45, 7) is 0.832. The number of nitrogens with zero attached hydrogens (tertiary/aromatic N) is 4. The Balaban J connectivity index is 1.75. The van der Waals surface area contributed by atoms with Crippen LogP contribution in [0.4, 0.5) is 18.9 Å². The number of amides is 2. The fourth-order valence-electron chi connectivity index (χ4n) is 2.92. The van der Waals surface area contributed by atoms with E-state index in [1.807, 2.05) is 5.32 Å². The first-order valence-electron chi connectivity index (χ1n) is 8.88. The number of hydrogen-bond acceptors (Lipinski definition) is 5. The molecule has 0 bridgehead atoms. The van der Waals surface area contributed by atoms with Gasteiger partial charge in [-0.2, -0.15) is 0 Å². The Bertz CT molecular complexity index is 1330. The molecule has 1 unspecified atom stereocenters. The van der Waals surface area contributed by atoms with Gasteiger partial charge in [0.15, 0.2) is 28.6 Å². The summed E-state index contributed by atoms with van der Waals surface area (Å²) in [5.41, 5.74) is -1.72. The van der Waals surface area contributed by atoms with Crippen LogP contribution in [0.25, 0.3) is 11.2 Å². The molecule has 0 saturated heterocycles. The monoisotopic (exact) mass is 438 g/mol. The van der Waals surface area contributed by atoms with Gasteiger partial charge in [0.25, 0.3) is 5.56 Å². The molecule has 1 atom stereocenters. The van der Waals surface area contributed by atoms with E-state index in [0.717, 1.165) is 15.2 Å². The number of fused-ring (bicyclic) bond motifs is 1. The van der Waals surface area contributed by atoms with Gasteiger partial charge in [-0.25, -0.2) is 22.9 Å². The van der Waals surface area contributed by atoms with Gasteiger partial charge < -0.3 is 15.2 Å². The zero-order chi connectivity index (χ0) is 23.0. The van der Waals surface area contributed by atoms with Gasteiger partial charge in [-0.3, -0.25) is 23.5 Å². The van der Waals surface area contributed by atoms with E-state index in [2.05, 4.69) is 10.3 Å². The maximum atomic E-state index is 13.6. The standard InChI is InChI=1S/C18H17F3N6O4/c1-8(27-7-23-15-14(27)17(30)26(3)18(31)25(15)2)16(29)22-6-11(28)24-10-5-4-9(19)12(20)13(10)21/h4-5,7-8H,6H2,1-3H3,(H,22,29)(H,24,28). The fourth-order valence-corrected chi connectivity index (χ4v) is 2.92. The summed E-state index contributed by atoms with van der Waals surface area (Å²) in [6, 6.07) is 0.489. The topological polar surface area (TPSA) is 120 Å². The van der Waals surface area contributed by atoms with Crippen LogP contribution in [0.5, 0.6) is 0 Å². The summed E-state index contributed by atoms with van der Waals surface area (Å²) in [5, 5.41) is 4.32. The Kier molecular flexibility index (Phi) is 5.69. The van der Waals surface area contributed by atoms with E-state index in [9.17, 15) is 32.3 Å². The van der Waals surface area contributed by atoms with E-state index in [4.69, 9.17) is 0 Å². The number of rotatable bonds is 5. The Morgan fingerprint density at radius 2 is 1.77 bits per heavy atom. The minimum atomic E-state index is -1.74. The number of carbonyl (C=O) groups is 2. The average Bonchev–Trinajstić information content (AvgIpc) is 3.19. The van der Waals surface area contributed by atoms with Crippen LogP contribution >= 0.6 is 0 Å². The van der Waals surface area contributed by atoms with Crippen molar-refractivity contribution in [2.75, 3.05) is 11.9 Å². The molecule has 0 spiro atoms. The van der Waals surface area contributed by atoms with E-state index in [1.165, 1.54) is 31.9 Å². The van der Waals surface area contributed by atoms with Gasteiger partial charge in [-0.15, -0.1) is 0 Å². The van der Waals surface area contributed by atoms with Crippen molar-refractivity contribution >= 4 is 28.7 Å². The predicted octanol–water partition coefficient (Wildman–Crippen LogP) is 0.167. The molecule has 2 aromatic heterocycles. The minimum absolute atomic E-state index is 0.0144. The third-order valence-corrected chi connectivity index (χ3v) is 4.70. The largest absolute Gasteiger partial charge is 0.345 e. The second-order valence-electron chi connectivity index (χ2n) is 6.69. The highest BCUT2D eigenvalue weighted by molar-refractivity contribution is 5.95. The third kappa shape index (κ3) is 3.81. The zero-order valence-corrected chi connectivity index (χ0v) is 16.6. The van der Waals surface area contributed by atoms with Crippen LogP contribution in [-0.2, 0) is 23.7 Å². The van der Waals surface area contributed by atoms with Crippen molar-refractivity contribution in [1.29, 1.82) is 0 Å². The van der Waals surface area contributed by atoms with Crippen molar-refractivity contribution < 1.29 is 22.8 Å². The molecule has 2 N–H and O–H groups in total. The molecule has 0 aliphatic carbocycles. The van der Waals surface area contributed by atoms with Gasteiger partial charge in [0.05, 0.1) is 18.6 Å². The maximum Gasteiger partial charge on any atom is 0.332 e. The van der Waals surface area contributed by atoms with E-state index < -0.39 is 58.8 Å². The number of halogens is 3. The Morgan fingerprint density at radius 3 is 2.45 bits per heavy atom. The Hall–Kier alpha value is -3.90. The predicted molar refractivity (Wildman–Crippen MR) is 103 cm³/mol. The molecular formula is C18H17F3N6O4. The minimum Gasteiger partial charge on any atom is -0.345 e. The molecule has 1 aromatic carbocycles. The maximum absolute atomic E-state index is 13.6. The number of nitrogens with one attached hydrogen (secondary N) is 2. The van der Waals surface area contributed by atoms with Crippen LogP contribution in [0.1, 0.15) is 13.0 Å². The summed E-state index contributed by atoms with van der Waals surface area (Å²) in [4.78, 5) is 52.9. The number of imidazole rings is 1. The molecule has 3 rings (SSSR count). The average molecular weight is 438 g/mol. The molecule has 0 aliphatic rings. The second kappa shape index (κ2) is 8.08. The molecule has 0 fully saturated rings. The first kappa shape index (κ1) is 21.8. The number of benzene rings is 1. The molecule has 0 aliphatic heterocycles. The highest BCUT2D eigenvalue weighted by Crippen LogP contribution is 2.19. The van der Waals surface area contributed by atoms with Crippen LogP contribution in [0.2, 0.25) is 0 Å². The summed E-state index contributed by atoms with van der Waals surface area (Å²) in [6.07, 6.45) is 1.21. The lowest BCUT2D eigenvalue weighted by atomic mass is 10.2. The lowest BCUT2D eigenvalue weighted by Gasteiger charge is -2.15. The van der Waals surface area contributed by atoms with Gasteiger partial charge in [-0.1, -0.05) is 0 Å². The van der Waals surface area contributed by atoms with E-state index in [-0.39, 0.29) is 11.2 Å². The Labute approximate surface area is 171 Å². The van der Waals surface area contributed by atoms with Crippen molar-refractivity contribution in [3.8, 4) is 0 Å².